The number of nitrogens with one attached hydrogen (secondary N) is 1. The van der Waals surface area contributed by atoms with Crippen molar-refractivity contribution in [1.29, 1.82) is 0 Å². The van der Waals surface area contributed by atoms with E-state index >= 15 is 0 Å². The Bertz CT molecular complexity index is 725. The highest BCUT2D eigenvalue weighted by atomic mass is 16.5. The van der Waals surface area contributed by atoms with Crippen LogP contribution in [0.2, 0.25) is 0 Å². The van der Waals surface area contributed by atoms with Crippen LogP contribution >= 0.6 is 0 Å². The van der Waals surface area contributed by atoms with Crippen molar-refractivity contribution in [3.63, 3.8) is 0 Å². The van der Waals surface area contributed by atoms with Gasteiger partial charge < -0.3 is 10.1 Å². The fourth-order valence-electron chi connectivity index (χ4n) is 2.72. The minimum Gasteiger partial charge on any atom is -0.367 e. The van der Waals surface area contributed by atoms with Gasteiger partial charge in [-0.2, -0.15) is 0 Å². The summed E-state index contributed by atoms with van der Waals surface area (Å²) in [4.78, 5) is 16.2. The molecular formula is C17H23N5O2. The van der Waals surface area contributed by atoms with Crippen molar-refractivity contribution in [2.45, 2.75) is 39.8 Å². The highest BCUT2D eigenvalue weighted by Crippen LogP contribution is 2.33. The normalized spacial score (nSPS) is 18.9. The average Bonchev–Trinajstić information content (AvgIpc) is 2.99. The van der Waals surface area contributed by atoms with E-state index in [0.717, 1.165) is 23.4 Å². The van der Waals surface area contributed by atoms with Crippen molar-refractivity contribution in [1.82, 2.24) is 25.3 Å². The number of aromatic nitrogens is 4. The largest absolute Gasteiger partial charge is 0.367 e. The van der Waals surface area contributed by atoms with Gasteiger partial charge >= 0.3 is 0 Å². The molecule has 1 unspecified atom stereocenters. The number of amides is 1. The second-order valence-electron chi connectivity index (χ2n) is 6.88. The molecule has 1 aliphatic heterocycles. The molecule has 0 bridgehead atoms. The van der Waals surface area contributed by atoms with Crippen LogP contribution in [0, 0.1) is 12.3 Å². The predicted octanol–water partition coefficient (Wildman–Crippen LogP) is 1.58. The van der Waals surface area contributed by atoms with E-state index < -0.39 is 0 Å². The van der Waals surface area contributed by atoms with E-state index in [-0.39, 0.29) is 17.4 Å². The molecule has 128 valence electrons. The number of carbonyl (C=O) groups excluding carboxylic acids is 1. The lowest BCUT2D eigenvalue weighted by atomic mass is 9.82. The molecule has 1 aliphatic rings. The summed E-state index contributed by atoms with van der Waals surface area (Å²) in [7, 11) is 0. The Balaban J connectivity index is 1.45. The van der Waals surface area contributed by atoms with Gasteiger partial charge in [-0.15, -0.1) is 5.10 Å². The maximum absolute atomic E-state index is 12.0. The number of ether oxygens (including phenoxy) is 1. The van der Waals surface area contributed by atoms with Crippen LogP contribution in [-0.4, -0.2) is 45.1 Å². The quantitative estimate of drug-likeness (QED) is 0.814. The lowest BCUT2D eigenvalue weighted by Gasteiger charge is -2.42. The maximum Gasteiger partial charge on any atom is 0.249 e. The molecule has 7 heteroatoms. The van der Waals surface area contributed by atoms with Crippen LogP contribution in [0.3, 0.4) is 0 Å². The first-order valence-electron chi connectivity index (χ1n) is 8.18. The molecule has 3 heterocycles. The van der Waals surface area contributed by atoms with E-state index in [1.54, 1.807) is 10.9 Å². The van der Waals surface area contributed by atoms with Gasteiger partial charge in [-0.25, -0.2) is 0 Å². The highest BCUT2D eigenvalue weighted by Gasteiger charge is 2.44. The minimum absolute atomic E-state index is 0.0298. The van der Waals surface area contributed by atoms with Crippen LogP contribution in [0.1, 0.15) is 26.0 Å². The Hall–Kier alpha value is -2.28. The van der Waals surface area contributed by atoms with E-state index in [9.17, 15) is 4.79 Å². The summed E-state index contributed by atoms with van der Waals surface area (Å²) in [6.07, 6.45) is 4.14. The average molecular weight is 329 g/mol. The zero-order chi connectivity index (χ0) is 17.2. The molecule has 7 nitrogen and oxygen atoms in total. The maximum atomic E-state index is 12.0. The van der Waals surface area contributed by atoms with Crippen molar-refractivity contribution in [2.24, 2.45) is 5.41 Å². The van der Waals surface area contributed by atoms with Gasteiger partial charge in [-0.3, -0.25) is 14.5 Å². The van der Waals surface area contributed by atoms with Gasteiger partial charge in [-0.05, 0) is 25.5 Å². The molecule has 0 saturated carbocycles. The molecule has 1 saturated heterocycles. The number of hydrogen-bond acceptors (Lipinski definition) is 5. The fraction of sp³-hybridized carbons (Fsp3) is 0.529. The predicted molar refractivity (Wildman–Crippen MR) is 89.1 cm³/mol. The molecule has 0 radical (unpaired) electrons. The van der Waals surface area contributed by atoms with Crippen LogP contribution in [0.15, 0.2) is 24.5 Å². The molecular weight excluding hydrogens is 306 g/mol. The molecule has 0 spiro atoms. The van der Waals surface area contributed by atoms with Gasteiger partial charge in [0.15, 0.2) is 0 Å². The Morgan fingerprint density at radius 1 is 1.50 bits per heavy atom. The summed E-state index contributed by atoms with van der Waals surface area (Å²) in [5.74, 6) is -0.0298. The van der Waals surface area contributed by atoms with Crippen molar-refractivity contribution in [3.8, 4) is 11.3 Å². The highest BCUT2D eigenvalue weighted by molar-refractivity contribution is 5.82. The van der Waals surface area contributed by atoms with Crippen molar-refractivity contribution >= 4 is 5.91 Å². The number of rotatable bonds is 6. The first-order chi connectivity index (χ1) is 11.5. The second-order valence-corrected chi connectivity index (χ2v) is 6.88. The smallest absolute Gasteiger partial charge is 0.249 e. The van der Waals surface area contributed by atoms with Gasteiger partial charge in [0.05, 0.1) is 12.8 Å². The monoisotopic (exact) mass is 329 g/mol. The molecule has 24 heavy (non-hydrogen) atoms. The Morgan fingerprint density at radius 3 is 3.00 bits per heavy atom. The summed E-state index contributed by atoms with van der Waals surface area (Å²) in [5, 5.41) is 11.2. The molecule has 2 aromatic heterocycles. The summed E-state index contributed by atoms with van der Waals surface area (Å²) in [5.41, 5.74) is 2.72. The van der Waals surface area contributed by atoms with E-state index in [1.807, 2.05) is 39.1 Å². The van der Waals surface area contributed by atoms with Crippen molar-refractivity contribution < 1.29 is 9.53 Å². The Labute approximate surface area is 141 Å². The van der Waals surface area contributed by atoms with Gasteiger partial charge in [0.1, 0.15) is 11.8 Å². The molecule has 0 aliphatic carbocycles. The van der Waals surface area contributed by atoms with Gasteiger partial charge in [0, 0.05) is 36.0 Å². The number of aryl methyl sites for hydroxylation is 2. The minimum atomic E-state index is -0.328. The molecule has 1 fully saturated rings. The Kier molecular flexibility index (Phi) is 4.62. The van der Waals surface area contributed by atoms with Crippen molar-refractivity contribution in [2.75, 3.05) is 13.2 Å². The van der Waals surface area contributed by atoms with E-state index in [4.69, 9.17) is 4.74 Å². The Morgan fingerprint density at radius 2 is 2.33 bits per heavy atom. The second kappa shape index (κ2) is 6.68. The van der Waals surface area contributed by atoms with Crippen LogP contribution in [0.4, 0.5) is 0 Å². The van der Waals surface area contributed by atoms with Gasteiger partial charge in [0.2, 0.25) is 5.91 Å². The molecule has 3 rings (SSSR count). The third-order valence-corrected chi connectivity index (χ3v) is 4.16. The van der Waals surface area contributed by atoms with Crippen LogP contribution in [-0.2, 0) is 16.1 Å². The SMILES string of the molecule is Cc1cc(-c2cn(CCCNC(=O)C3OCC3(C)C)nn2)ccn1. The zero-order valence-electron chi connectivity index (χ0n) is 14.3. The molecule has 0 aromatic carbocycles. The molecule has 1 amide bonds. The first-order valence-corrected chi connectivity index (χ1v) is 8.18. The summed E-state index contributed by atoms with van der Waals surface area (Å²) >= 11 is 0. The summed E-state index contributed by atoms with van der Waals surface area (Å²) in [6.45, 7) is 7.96. The first kappa shape index (κ1) is 16.6. The van der Waals surface area contributed by atoms with Crippen LogP contribution in [0.25, 0.3) is 11.3 Å². The van der Waals surface area contributed by atoms with Crippen molar-refractivity contribution in [3.05, 3.63) is 30.2 Å². The zero-order valence-corrected chi connectivity index (χ0v) is 14.3. The number of nitrogens with zero attached hydrogens (tertiary/aromatic N) is 4. The number of pyridine rings is 1. The third kappa shape index (κ3) is 3.62. The van der Waals surface area contributed by atoms with E-state index in [1.165, 1.54) is 0 Å². The summed E-state index contributed by atoms with van der Waals surface area (Å²) < 4.78 is 7.13. The molecule has 1 atom stereocenters. The lowest BCUT2D eigenvalue weighted by Crippen LogP contribution is -2.56. The third-order valence-electron chi connectivity index (χ3n) is 4.16. The summed E-state index contributed by atoms with van der Waals surface area (Å²) in [6, 6.07) is 3.90. The topological polar surface area (TPSA) is 81.9 Å². The standard InChI is InChI=1S/C17H23N5O2/c1-12-9-13(5-7-18-12)14-10-22(21-20-14)8-4-6-19-16(23)15-17(2,3)11-24-15/h5,7,9-10,15H,4,6,8,11H2,1-3H3,(H,19,23). The van der Waals surface area contributed by atoms with Crippen LogP contribution in [0.5, 0.6) is 0 Å². The van der Waals surface area contributed by atoms with Gasteiger partial charge in [0.25, 0.3) is 0 Å². The van der Waals surface area contributed by atoms with Gasteiger partial charge in [-0.1, -0.05) is 19.1 Å². The number of carbonyl (C=O) groups is 1. The van der Waals surface area contributed by atoms with Crippen LogP contribution < -0.4 is 5.32 Å². The number of hydrogen-bond donors (Lipinski definition) is 1. The molecule has 1 N–H and O–H groups in total. The fourth-order valence-corrected chi connectivity index (χ4v) is 2.72. The lowest BCUT2D eigenvalue weighted by molar-refractivity contribution is -0.183. The van der Waals surface area contributed by atoms with E-state index in [0.29, 0.717) is 19.7 Å². The molecule has 2 aromatic rings. The van der Waals surface area contributed by atoms with E-state index in [2.05, 4.69) is 20.6 Å².